The average molecular weight is 114 g/mol. The monoisotopic (exact) mass is 114 g/mol. The molecule has 1 saturated heterocycles. The van der Waals surface area contributed by atoms with E-state index in [9.17, 15) is 0 Å². The zero-order valence-electron chi connectivity index (χ0n) is 6.72. The lowest BCUT2D eigenvalue weighted by atomic mass is 10.0. The van der Waals surface area contributed by atoms with E-state index in [2.05, 4.69) is 13.8 Å². The van der Waals surface area contributed by atoms with Crippen LogP contribution >= 0.6 is 0 Å². The normalized spacial score (nSPS) is 44.0. The molecule has 1 fully saturated rings. The van der Waals surface area contributed by atoms with Crippen LogP contribution in [0.4, 0.5) is 0 Å². The first-order valence-corrected chi connectivity index (χ1v) is 3.49. The van der Waals surface area contributed by atoms with Crippen molar-refractivity contribution in [3.05, 3.63) is 0 Å². The minimum atomic E-state index is 0.480. The highest BCUT2D eigenvalue weighted by atomic mass is 14.9. The maximum atomic E-state index is 7.52. The van der Waals surface area contributed by atoms with Gasteiger partial charge in [-0.25, -0.2) is 0 Å². The first-order valence-electron chi connectivity index (χ1n) is 3.93. The summed E-state index contributed by atoms with van der Waals surface area (Å²) < 4.78 is 7.52. The van der Waals surface area contributed by atoms with Crippen molar-refractivity contribution in [2.24, 2.45) is 0 Å². The number of nitrogens with one attached hydrogen (secondary N) is 1. The quantitative estimate of drug-likeness (QED) is 0.503. The van der Waals surface area contributed by atoms with Gasteiger partial charge >= 0.3 is 0 Å². The Morgan fingerprint density at radius 2 is 1.88 bits per heavy atom. The van der Waals surface area contributed by atoms with Crippen molar-refractivity contribution in [3.8, 4) is 0 Å². The molecule has 0 radical (unpaired) electrons. The first-order chi connectivity index (χ1) is 4.22. The van der Waals surface area contributed by atoms with Crippen LogP contribution in [0.1, 0.15) is 33.1 Å². The smallest absolute Gasteiger partial charge is 0.123 e. The predicted octanol–water partition coefficient (Wildman–Crippen LogP) is 1.54. The van der Waals surface area contributed by atoms with Gasteiger partial charge in [-0.3, -0.25) is 0 Å². The van der Waals surface area contributed by atoms with Gasteiger partial charge in [0.25, 0.3) is 0 Å². The van der Waals surface area contributed by atoms with E-state index in [1.54, 1.807) is 5.31 Å². The highest BCUT2D eigenvalue weighted by Gasteiger charge is 2.11. The molecule has 1 rings (SSSR count). The van der Waals surface area contributed by atoms with Gasteiger partial charge < -0.3 is 5.31 Å². The molecule has 48 valence electrons. The fourth-order valence-corrected chi connectivity index (χ4v) is 1.29. The number of hydrogen-bond donors (Lipinski definition) is 1. The van der Waals surface area contributed by atoms with E-state index >= 15 is 0 Å². The number of rotatable bonds is 0. The zero-order chi connectivity index (χ0) is 6.85. The Labute approximate surface area is 52.9 Å². The van der Waals surface area contributed by atoms with E-state index < -0.39 is 0 Å². The van der Waals surface area contributed by atoms with Gasteiger partial charge in [0.05, 0.1) is 0 Å². The van der Waals surface area contributed by atoms with Crippen LogP contribution in [-0.4, -0.2) is 12.1 Å². The molecular weight excluding hydrogens is 98.1 g/mol. The van der Waals surface area contributed by atoms with Gasteiger partial charge in [-0.2, -0.15) is 0 Å². The largest absolute Gasteiger partial charge is 0.312 e. The summed E-state index contributed by atoms with van der Waals surface area (Å²) in [4.78, 5) is 0. The van der Waals surface area contributed by atoms with Gasteiger partial charge in [-0.1, -0.05) is 6.42 Å². The summed E-state index contributed by atoms with van der Waals surface area (Å²) in [7, 11) is 0. The minimum absolute atomic E-state index is 0.480. The van der Waals surface area contributed by atoms with Crippen molar-refractivity contribution in [3.63, 3.8) is 0 Å². The molecule has 0 amide bonds. The molecule has 0 aromatic carbocycles. The molecule has 0 aliphatic carbocycles. The third-order valence-electron chi connectivity index (χ3n) is 1.75. The topological polar surface area (TPSA) is 12.0 Å². The van der Waals surface area contributed by atoms with Gasteiger partial charge in [0.2, 0.25) is 0 Å². The van der Waals surface area contributed by atoms with Crippen molar-refractivity contribution in [1.82, 2.24) is 5.31 Å². The number of piperidine rings is 1. The van der Waals surface area contributed by atoms with E-state index in [-0.39, 0.29) is 0 Å². The van der Waals surface area contributed by atoms with Gasteiger partial charge in [0.15, 0.2) is 0 Å². The second-order valence-corrected chi connectivity index (χ2v) is 2.78. The van der Waals surface area contributed by atoms with Crippen molar-refractivity contribution in [2.45, 2.75) is 45.2 Å². The molecular formula is C7H15N. The van der Waals surface area contributed by atoms with Gasteiger partial charge in [0.1, 0.15) is 1.41 Å². The van der Waals surface area contributed by atoms with E-state index in [0.717, 1.165) is 0 Å². The van der Waals surface area contributed by atoms with Crippen molar-refractivity contribution in [1.29, 1.82) is 0 Å². The van der Waals surface area contributed by atoms with Gasteiger partial charge in [-0.15, -0.1) is 0 Å². The van der Waals surface area contributed by atoms with E-state index in [1.165, 1.54) is 19.3 Å². The lowest BCUT2D eigenvalue weighted by Crippen LogP contribution is -2.38. The highest BCUT2D eigenvalue weighted by molar-refractivity contribution is 4.73. The van der Waals surface area contributed by atoms with Crippen molar-refractivity contribution in [2.75, 3.05) is 0 Å². The second-order valence-electron chi connectivity index (χ2n) is 2.78. The lowest BCUT2D eigenvalue weighted by molar-refractivity contribution is 0.352. The molecule has 0 spiro atoms. The molecule has 1 heteroatoms. The Bertz CT molecular complexity index is 84.9. The molecule has 0 aromatic heterocycles. The summed E-state index contributed by atoms with van der Waals surface area (Å²) in [6.45, 7) is 4.26. The van der Waals surface area contributed by atoms with Crippen LogP contribution in [0.3, 0.4) is 0 Å². The van der Waals surface area contributed by atoms with Crippen LogP contribution in [0.2, 0.25) is 1.41 Å². The molecule has 2 atom stereocenters. The summed E-state index contributed by atoms with van der Waals surface area (Å²) in [5.41, 5.74) is 0. The van der Waals surface area contributed by atoms with Crippen LogP contribution in [0.5, 0.6) is 0 Å². The summed E-state index contributed by atoms with van der Waals surface area (Å²) in [6, 6.07) is 0.961. The van der Waals surface area contributed by atoms with E-state index in [0.29, 0.717) is 12.1 Å². The predicted molar refractivity (Wildman–Crippen MR) is 35.9 cm³/mol. The van der Waals surface area contributed by atoms with Crippen LogP contribution in [0.25, 0.3) is 0 Å². The highest BCUT2D eigenvalue weighted by Crippen LogP contribution is 2.10. The van der Waals surface area contributed by atoms with Crippen LogP contribution in [-0.2, 0) is 0 Å². The molecule has 1 aliphatic rings. The zero-order valence-corrected chi connectivity index (χ0v) is 5.72. The second kappa shape index (κ2) is 2.49. The summed E-state index contributed by atoms with van der Waals surface area (Å²) in [5.74, 6) is 0. The van der Waals surface area contributed by atoms with Crippen LogP contribution in [0, 0.1) is 0 Å². The third kappa shape index (κ3) is 1.48. The molecule has 1 heterocycles. The molecule has 0 unspecified atom stereocenters. The standard InChI is InChI=1S/C7H15N/c1-6-4-3-5-7(2)8-6/h6-8H,3-5H2,1-2H3/t6-,7+/i/hD. The van der Waals surface area contributed by atoms with Crippen molar-refractivity contribution >= 4 is 0 Å². The maximum absolute atomic E-state index is 7.52. The van der Waals surface area contributed by atoms with E-state index in [4.69, 9.17) is 1.41 Å². The Hall–Kier alpha value is -0.0400. The van der Waals surface area contributed by atoms with Crippen molar-refractivity contribution < 1.29 is 1.41 Å². The van der Waals surface area contributed by atoms with Gasteiger partial charge in [0, 0.05) is 12.1 Å². The molecule has 1 nitrogen and oxygen atoms in total. The molecule has 0 bridgehead atoms. The SMILES string of the molecule is [2H]N1[C@H](C)CCC[C@@H]1C. The lowest BCUT2D eigenvalue weighted by Gasteiger charge is -2.25. The summed E-state index contributed by atoms with van der Waals surface area (Å²) in [5, 5.41) is 1.73. The Balaban J connectivity index is 2.41. The molecule has 1 N–H and O–H groups in total. The average Bonchev–Trinajstić information content (AvgIpc) is 1.83. The van der Waals surface area contributed by atoms with Crippen LogP contribution in [0.15, 0.2) is 0 Å². The fourth-order valence-electron chi connectivity index (χ4n) is 1.29. The maximum Gasteiger partial charge on any atom is 0.123 e. The van der Waals surface area contributed by atoms with Gasteiger partial charge in [-0.05, 0) is 26.7 Å². The molecule has 0 aromatic rings. The minimum Gasteiger partial charge on any atom is -0.312 e. The first kappa shape index (κ1) is 4.80. The Morgan fingerprint density at radius 3 is 2.25 bits per heavy atom. The Morgan fingerprint density at radius 1 is 1.38 bits per heavy atom. The molecule has 1 aliphatic heterocycles. The summed E-state index contributed by atoms with van der Waals surface area (Å²) in [6.07, 6.45) is 3.71. The summed E-state index contributed by atoms with van der Waals surface area (Å²) >= 11 is 0. The Kier molecular flexibility index (Phi) is 1.50. The fraction of sp³-hybridized carbons (Fsp3) is 1.00. The molecule has 8 heavy (non-hydrogen) atoms. The van der Waals surface area contributed by atoms with Crippen LogP contribution < -0.4 is 5.31 Å². The number of hydrogen-bond acceptors (Lipinski definition) is 1. The molecule has 0 saturated carbocycles. The van der Waals surface area contributed by atoms with E-state index in [1.807, 2.05) is 0 Å². The third-order valence-corrected chi connectivity index (χ3v) is 1.75.